The van der Waals surface area contributed by atoms with Gasteiger partial charge in [-0.15, -0.1) is 0 Å². The van der Waals surface area contributed by atoms with Gasteiger partial charge in [-0.3, -0.25) is 19.5 Å². The quantitative estimate of drug-likeness (QED) is 0.0358. The van der Waals surface area contributed by atoms with E-state index in [0.29, 0.717) is 6.61 Å². The second-order valence-corrected chi connectivity index (χ2v) is 10.9. The van der Waals surface area contributed by atoms with Crippen LogP contribution in [0.2, 0.25) is 0 Å². The number of carbonyl (C=O) groups excluding carboxylic acids is 3. The largest absolute Gasteiger partial charge is 1.00 e. The third-order valence-corrected chi connectivity index (χ3v) is 6.78. The minimum absolute atomic E-state index is 0. The molecular weight excluding hydrogens is 789 g/mol. The standard InChI is InChI=1S/C15H13F3N4O2.C13H10F3NO2.C2H3N3.CH2O3.2K.H/c1-14(24,7-22-9-20-8-21-22)13(23)6-10-3-4-12(19-2)11(5-10)15(16,17)18;1-12(7-19-12)11(18)6-8-3-4-10(17-2)9(5-8)13(14,15)16;1-3-2-5-4-1;2-1-4-3;;;/h3-5,8-9,24H,6-7H2,1H3;3-5H,6-7H2,1H3;1-2H,(H,3,4,5);1,3H;;;/q;;;;2*+1;-1/p-1/t14-;12-;;;;;/m00...../s1. The molecule has 1 aliphatic heterocycles. The van der Waals surface area contributed by atoms with Crippen molar-refractivity contribution in [2.24, 2.45) is 0 Å². The number of nitrogens with zero attached hydrogens (tertiary/aromatic N) is 7. The van der Waals surface area contributed by atoms with E-state index in [1.54, 1.807) is 6.92 Å². The van der Waals surface area contributed by atoms with Crippen LogP contribution < -0.4 is 108 Å². The summed E-state index contributed by atoms with van der Waals surface area (Å²) in [4.78, 5) is 48.1. The van der Waals surface area contributed by atoms with Crippen molar-refractivity contribution in [3.8, 4) is 0 Å². The van der Waals surface area contributed by atoms with Gasteiger partial charge in [0.15, 0.2) is 22.9 Å². The van der Waals surface area contributed by atoms with E-state index in [1.807, 2.05) is 0 Å². The number of ether oxygens (including phenoxy) is 1. The van der Waals surface area contributed by atoms with Crippen molar-refractivity contribution < 1.29 is 165 Å². The first-order valence-electron chi connectivity index (χ1n) is 14.2. The summed E-state index contributed by atoms with van der Waals surface area (Å²) in [6, 6.07) is 6.37. The third kappa shape index (κ3) is 16.9. The van der Waals surface area contributed by atoms with Gasteiger partial charge in [0.25, 0.3) is 6.47 Å². The summed E-state index contributed by atoms with van der Waals surface area (Å²) in [5, 5.41) is 28.4. The Bertz CT molecular complexity index is 1870. The average molecular weight is 817 g/mol. The van der Waals surface area contributed by atoms with E-state index in [9.17, 15) is 41.0 Å². The molecule has 0 spiro atoms. The van der Waals surface area contributed by atoms with Crippen molar-refractivity contribution in [2.45, 2.75) is 56.8 Å². The number of benzene rings is 2. The molecule has 2 atom stereocenters. The number of hydrogen-bond acceptors (Lipinski definition) is 11. The van der Waals surface area contributed by atoms with Crippen molar-refractivity contribution in [1.82, 2.24) is 29.9 Å². The molecule has 0 aliphatic carbocycles. The zero-order valence-corrected chi connectivity index (χ0v) is 35.2. The van der Waals surface area contributed by atoms with E-state index in [0.717, 1.165) is 24.3 Å². The molecule has 0 radical (unpaired) electrons. The third-order valence-electron chi connectivity index (χ3n) is 6.78. The second kappa shape index (κ2) is 23.3. The van der Waals surface area contributed by atoms with Crippen LogP contribution in [-0.4, -0.2) is 70.9 Å². The number of ketones is 2. The number of aromatic amines is 1. The van der Waals surface area contributed by atoms with E-state index in [1.165, 1.54) is 49.0 Å². The summed E-state index contributed by atoms with van der Waals surface area (Å²) in [6.45, 7) is 16.3. The molecule has 54 heavy (non-hydrogen) atoms. The van der Waals surface area contributed by atoms with Crippen molar-refractivity contribution >= 4 is 29.4 Å². The molecule has 2 N–H and O–H groups in total. The molecule has 1 saturated heterocycles. The maximum absolute atomic E-state index is 12.9. The van der Waals surface area contributed by atoms with Crippen molar-refractivity contribution in [3.05, 3.63) is 107 Å². The molecule has 278 valence electrons. The van der Waals surface area contributed by atoms with Crippen LogP contribution in [0.5, 0.6) is 0 Å². The Morgan fingerprint density at radius 3 is 1.85 bits per heavy atom. The molecule has 5 rings (SSSR count). The van der Waals surface area contributed by atoms with E-state index in [4.69, 9.17) is 27.9 Å². The van der Waals surface area contributed by atoms with Gasteiger partial charge in [-0.2, -0.15) is 36.5 Å². The Labute approximate surface area is 389 Å². The Kier molecular flexibility index (Phi) is 22.2. The van der Waals surface area contributed by atoms with Crippen LogP contribution in [0.1, 0.15) is 37.5 Å². The van der Waals surface area contributed by atoms with Gasteiger partial charge in [-0.05, 0) is 25.0 Å². The first-order chi connectivity index (χ1) is 24.3. The first-order valence-corrected chi connectivity index (χ1v) is 14.2. The molecule has 1 aliphatic rings. The Morgan fingerprint density at radius 1 is 1.02 bits per heavy atom. The summed E-state index contributed by atoms with van der Waals surface area (Å²) in [7, 11) is 0. The molecule has 4 aromatic rings. The number of rotatable bonds is 9. The van der Waals surface area contributed by atoms with Crippen LogP contribution in [0.15, 0.2) is 61.7 Å². The fourth-order valence-electron chi connectivity index (χ4n) is 3.94. The smallest absolute Gasteiger partial charge is 1.00 e. The molecule has 1 fully saturated rings. The number of aromatic nitrogens is 6. The zero-order chi connectivity index (χ0) is 39.2. The van der Waals surface area contributed by atoms with Gasteiger partial charge >= 0.3 is 115 Å². The van der Waals surface area contributed by atoms with Gasteiger partial charge < -0.3 is 21.4 Å². The van der Waals surface area contributed by atoms with Gasteiger partial charge in [-0.1, -0.05) is 36.4 Å². The number of carbonyl (C=O) groups is 3. The minimum Gasteiger partial charge on any atom is -1.00 e. The number of hydrogen-bond donors (Lipinski definition) is 2. The number of aliphatic hydroxyl groups is 1. The molecule has 0 saturated carbocycles. The van der Waals surface area contributed by atoms with E-state index in [2.05, 4.69) is 39.8 Å². The fraction of sp³-hybridized carbons (Fsp3) is 0.323. The number of H-pyrrole nitrogens is 1. The monoisotopic (exact) mass is 816 g/mol. The summed E-state index contributed by atoms with van der Waals surface area (Å²) < 4.78 is 83.3. The number of Topliss-reactive ketones (excluding diaryl/α,β-unsaturated/α-hetero) is 2. The molecule has 15 nitrogen and oxygen atoms in total. The minimum atomic E-state index is -4.69. The molecule has 2 aromatic carbocycles. The summed E-state index contributed by atoms with van der Waals surface area (Å²) in [6.07, 6.45) is -4.31. The first kappa shape index (κ1) is 51.2. The summed E-state index contributed by atoms with van der Waals surface area (Å²) >= 11 is 0. The van der Waals surface area contributed by atoms with E-state index in [-0.39, 0.29) is 141 Å². The molecule has 3 heterocycles. The maximum Gasteiger partial charge on any atom is 1.00 e. The second-order valence-electron chi connectivity index (χ2n) is 10.9. The fourth-order valence-corrected chi connectivity index (χ4v) is 3.94. The van der Waals surface area contributed by atoms with Crippen LogP contribution >= 0.6 is 0 Å². The average Bonchev–Trinajstić information content (AvgIpc) is 3.45. The molecule has 0 amide bonds. The molecule has 0 bridgehead atoms. The van der Waals surface area contributed by atoms with Crippen molar-refractivity contribution in [2.75, 3.05) is 6.61 Å². The van der Waals surface area contributed by atoms with Crippen LogP contribution in [0, 0.1) is 13.1 Å². The van der Waals surface area contributed by atoms with Crippen molar-refractivity contribution in [1.29, 1.82) is 0 Å². The van der Waals surface area contributed by atoms with Gasteiger partial charge in [0.05, 0.1) is 37.4 Å². The Balaban J connectivity index is 0. The van der Waals surface area contributed by atoms with Gasteiger partial charge in [0, 0.05) is 12.8 Å². The van der Waals surface area contributed by atoms with Crippen LogP contribution in [0.25, 0.3) is 9.69 Å². The van der Waals surface area contributed by atoms with Crippen molar-refractivity contribution in [3.63, 3.8) is 0 Å². The maximum atomic E-state index is 12.9. The molecule has 2 aromatic heterocycles. The van der Waals surface area contributed by atoms with Gasteiger partial charge in [-0.25, -0.2) is 24.3 Å². The number of halogens is 6. The summed E-state index contributed by atoms with van der Waals surface area (Å²) in [5.74, 6) is -0.919. The predicted octanol–water partition coefficient (Wildman–Crippen LogP) is -2.07. The number of nitrogens with one attached hydrogen (secondary N) is 1. The van der Waals surface area contributed by atoms with E-state index >= 15 is 0 Å². The molecular formula is C31H28F6K2N8O7. The predicted molar refractivity (Wildman–Crippen MR) is 162 cm³/mol. The topological polar surface area (TPSA) is 197 Å². The normalized spacial score (nSPS) is 15.0. The van der Waals surface area contributed by atoms with Gasteiger partial charge in [0.1, 0.15) is 36.5 Å². The molecule has 23 heteroatoms. The van der Waals surface area contributed by atoms with Gasteiger partial charge in [0.2, 0.25) is 0 Å². The van der Waals surface area contributed by atoms with Crippen LogP contribution in [-0.2, 0) is 55.7 Å². The summed E-state index contributed by atoms with van der Waals surface area (Å²) in [5.41, 5.74) is -5.46. The Morgan fingerprint density at radius 2 is 1.52 bits per heavy atom. The number of alkyl halides is 6. The van der Waals surface area contributed by atoms with Crippen LogP contribution in [0.4, 0.5) is 37.7 Å². The SMILES string of the molecule is O=CO[O-].[C-]#[N+]c1ccc(CC(=O)[C@@](C)(O)Cn2cncn2)cc1C(F)(F)F.[C-]#[N+]c1ccc(CC(=O)[C@]2(C)CO2)cc1C(F)(F)F.[H-].[K+].[K+].c1nc[nH]n1. The van der Waals surface area contributed by atoms with E-state index < -0.39 is 58.3 Å². The Hall–Kier alpha value is -2.76. The zero-order valence-electron chi connectivity index (χ0n) is 30.0. The molecule has 0 unspecified atom stereocenters. The number of epoxide rings is 1. The van der Waals surface area contributed by atoms with Crippen LogP contribution in [0.3, 0.4) is 0 Å².